The molecule has 0 aliphatic carbocycles. The van der Waals surface area contributed by atoms with E-state index in [1.165, 1.54) is 4.90 Å². The number of hydrogen-bond acceptors (Lipinski definition) is 6. The molecule has 0 saturated heterocycles. The van der Waals surface area contributed by atoms with Crippen LogP contribution in [-0.2, 0) is 9.53 Å². The number of amides is 1. The van der Waals surface area contributed by atoms with Crippen LogP contribution in [0.2, 0.25) is 0 Å². The molecule has 1 heterocycles. The summed E-state index contributed by atoms with van der Waals surface area (Å²) in [5.74, 6) is -0.324. The lowest BCUT2D eigenvalue weighted by Gasteiger charge is -2.22. The summed E-state index contributed by atoms with van der Waals surface area (Å²) >= 11 is 0. The third-order valence-corrected chi connectivity index (χ3v) is 4.60. The number of nitrogens with zero attached hydrogens (tertiary/aromatic N) is 3. The Kier molecular flexibility index (Phi) is 7.17. The Morgan fingerprint density at radius 2 is 1.87 bits per heavy atom. The first-order valence-electron chi connectivity index (χ1n) is 9.97. The zero-order chi connectivity index (χ0) is 22.2. The van der Waals surface area contributed by atoms with Crippen molar-refractivity contribution in [2.45, 2.75) is 20.3 Å². The molecule has 0 atom stereocenters. The van der Waals surface area contributed by atoms with Crippen molar-refractivity contribution in [2.24, 2.45) is 0 Å². The van der Waals surface area contributed by atoms with Gasteiger partial charge in [0.15, 0.2) is 6.61 Å². The van der Waals surface area contributed by atoms with E-state index in [4.69, 9.17) is 14.7 Å². The standard InChI is InChI=1S/C24H23N3O4/c1-3-30-19-11-9-18(10-12-19)27(14-6-13-25)23(28)16-31-24(29)21-15-17(2)26-22-8-5-4-7-20(21)22/h4-5,7-12,15H,3,6,14,16H2,1-2H3. The van der Waals surface area contributed by atoms with E-state index in [0.717, 1.165) is 0 Å². The number of pyridine rings is 1. The molecule has 7 nitrogen and oxygen atoms in total. The normalized spacial score (nSPS) is 10.4. The summed E-state index contributed by atoms with van der Waals surface area (Å²) in [7, 11) is 0. The van der Waals surface area contributed by atoms with E-state index in [1.54, 1.807) is 43.3 Å². The topological polar surface area (TPSA) is 92.5 Å². The first kappa shape index (κ1) is 21.8. The van der Waals surface area contributed by atoms with E-state index in [2.05, 4.69) is 4.98 Å². The number of aryl methyl sites for hydroxylation is 1. The van der Waals surface area contributed by atoms with Crippen molar-refractivity contribution in [3.8, 4) is 11.8 Å². The number of carbonyl (C=O) groups excluding carboxylic acids is 2. The predicted octanol–water partition coefficient (Wildman–Crippen LogP) is 4.05. The number of fused-ring (bicyclic) bond motifs is 1. The lowest BCUT2D eigenvalue weighted by atomic mass is 10.1. The highest BCUT2D eigenvalue weighted by molar-refractivity contribution is 6.04. The summed E-state index contributed by atoms with van der Waals surface area (Å²) in [5.41, 5.74) is 2.33. The third kappa shape index (κ3) is 5.37. The molecule has 2 aromatic carbocycles. The number of rotatable bonds is 8. The second-order valence-corrected chi connectivity index (χ2v) is 6.78. The Morgan fingerprint density at radius 1 is 1.13 bits per heavy atom. The molecule has 3 rings (SSSR count). The number of nitriles is 1. The summed E-state index contributed by atoms with van der Waals surface area (Å²) in [5, 5.41) is 9.62. The molecule has 3 aromatic rings. The maximum Gasteiger partial charge on any atom is 0.339 e. The Hall–Kier alpha value is -3.92. The smallest absolute Gasteiger partial charge is 0.339 e. The lowest BCUT2D eigenvalue weighted by molar-refractivity contribution is -0.121. The van der Waals surface area contributed by atoms with Crippen LogP contribution in [0.4, 0.5) is 5.69 Å². The number of hydrogen-bond donors (Lipinski definition) is 0. The fourth-order valence-electron chi connectivity index (χ4n) is 3.21. The SMILES string of the molecule is CCOc1ccc(N(CCC#N)C(=O)COC(=O)c2cc(C)nc3ccccc23)cc1. The molecule has 0 fully saturated rings. The average Bonchev–Trinajstić information content (AvgIpc) is 2.78. The van der Waals surface area contributed by atoms with Crippen molar-refractivity contribution in [3.63, 3.8) is 0 Å². The van der Waals surface area contributed by atoms with Crippen LogP contribution < -0.4 is 9.64 Å². The minimum atomic E-state index is -0.595. The lowest BCUT2D eigenvalue weighted by Crippen LogP contribution is -2.35. The summed E-state index contributed by atoms with van der Waals surface area (Å²) in [6.07, 6.45) is 0.154. The molecular formula is C24H23N3O4. The van der Waals surface area contributed by atoms with Crippen LogP contribution in [0.3, 0.4) is 0 Å². The van der Waals surface area contributed by atoms with Gasteiger partial charge in [-0.25, -0.2) is 4.79 Å². The highest BCUT2D eigenvalue weighted by Gasteiger charge is 2.20. The molecule has 0 unspecified atom stereocenters. The summed E-state index contributed by atoms with van der Waals surface area (Å²) in [6.45, 7) is 3.98. The first-order chi connectivity index (χ1) is 15.0. The highest BCUT2D eigenvalue weighted by atomic mass is 16.5. The summed E-state index contributed by atoms with van der Waals surface area (Å²) in [6, 6.07) is 17.9. The molecule has 0 aliphatic rings. The first-order valence-corrected chi connectivity index (χ1v) is 9.97. The predicted molar refractivity (Wildman–Crippen MR) is 117 cm³/mol. The largest absolute Gasteiger partial charge is 0.494 e. The number of aromatic nitrogens is 1. The van der Waals surface area contributed by atoms with Crippen LogP contribution in [-0.4, -0.2) is 36.6 Å². The molecule has 0 N–H and O–H groups in total. The van der Waals surface area contributed by atoms with Gasteiger partial charge in [0.25, 0.3) is 5.91 Å². The van der Waals surface area contributed by atoms with Crippen LogP contribution in [0.15, 0.2) is 54.6 Å². The van der Waals surface area contributed by atoms with E-state index in [9.17, 15) is 9.59 Å². The van der Waals surface area contributed by atoms with Crippen molar-refractivity contribution in [2.75, 3.05) is 24.7 Å². The molecule has 1 aromatic heterocycles. The van der Waals surface area contributed by atoms with E-state index in [-0.39, 0.29) is 13.0 Å². The van der Waals surface area contributed by atoms with Gasteiger partial charge < -0.3 is 14.4 Å². The average molecular weight is 417 g/mol. The number of esters is 1. The molecule has 1 amide bonds. The molecule has 0 radical (unpaired) electrons. The number of anilines is 1. The zero-order valence-corrected chi connectivity index (χ0v) is 17.5. The fraction of sp³-hybridized carbons (Fsp3) is 0.250. The van der Waals surface area contributed by atoms with Gasteiger partial charge in [-0.05, 0) is 50.2 Å². The van der Waals surface area contributed by atoms with Gasteiger partial charge in [-0.1, -0.05) is 18.2 Å². The Morgan fingerprint density at radius 3 is 2.58 bits per heavy atom. The number of benzene rings is 2. The van der Waals surface area contributed by atoms with E-state index in [1.807, 2.05) is 31.2 Å². The van der Waals surface area contributed by atoms with Gasteiger partial charge in [-0.15, -0.1) is 0 Å². The molecule has 7 heteroatoms. The van der Waals surface area contributed by atoms with Crippen LogP contribution in [0.25, 0.3) is 10.9 Å². The molecular weight excluding hydrogens is 394 g/mol. The van der Waals surface area contributed by atoms with Gasteiger partial charge >= 0.3 is 5.97 Å². The van der Waals surface area contributed by atoms with Crippen LogP contribution in [0.5, 0.6) is 5.75 Å². The van der Waals surface area contributed by atoms with Crippen LogP contribution in [0.1, 0.15) is 29.4 Å². The van der Waals surface area contributed by atoms with Gasteiger partial charge in [-0.2, -0.15) is 5.26 Å². The summed E-state index contributed by atoms with van der Waals surface area (Å²) < 4.78 is 10.8. The molecule has 0 aliphatic heterocycles. The van der Waals surface area contributed by atoms with Crippen molar-refractivity contribution in [1.82, 2.24) is 4.98 Å². The van der Waals surface area contributed by atoms with Crippen molar-refractivity contribution < 1.29 is 19.1 Å². The molecule has 0 saturated carbocycles. The Bertz CT molecular complexity index is 1120. The van der Waals surface area contributed by atoms with E-state index in [0.29, 0.717) is 40.2 Å². The van der Waals surface area contributed by atoms with Gasteiger partial charge in [0.05, 0.1) is 30.2 Å². The second-order valence-electron chi connectivity index (χ2n) is 6.78. The van der Waals surface area contributed by atoms with E-state index >= 15 is 0 Å². The van der Waals surface area contributed by atoms with Crippen LogP contribution >= 0.6 is 0 Å². The molecule has 158 valence electrons. The van der Waals surface area contributed by atoms with Gasteiger partial charge in [0, 0.05) is 23.3 Å². The second kappa shape index (κ2) is 10.2. The van der Waals surface area contributed by atoms with Crippen molar-refractivity contribution in [3.05, 3.63) is 65.9 Å². The summed E-state index contributed by atoms with van der Waals surface area (Å²) in [4.78, 5) is 31.4. The Balaban J connectivity index is 1.75. The zero-order valence-electron chi connectivity index (χ0n) is 17.5. The van der Waals surface area contributed by atoms with Gasteiger partial charge in [-0.3, -0.25) is 9.78 Å². The maximum atomic E-state index is 12.8. The maximum absolute atomic E-state index is 12.8. The van der Waals surface area contributed by atoms with Gasteiger partial charge in [0.1, 0.15) is 5.75 Å². The highest BCUT2D eigenvalue weighted by Crippen LogP contribution is 2.21. The number of para-hydroxylation sites is 1. The monoisotopic (exact) mass is 417 g/mol. The minimum absolute atomic E-state index is 0.154. The fourth-order valence-corrected chi connectivity index (χ4v) is 3.21. The van der Waals surface area contributed by atoms with Gasteiger partial charge in [0.2, 0.25) is 0 Å². The molecule has 0 bridgehead atoms. The van der Waals surface area contributed by atoms with Crippen molar-refractivity contribution in [1.29, 1.82) is 5.26 Å². The van der Waals surface area contributed by atoms with E-state index < -0.39 is 18.5 Å². The number of ether oxygens (including phenoxy) is 2. The molecule has 0 spiro atoms. The van der Waals surface area contributed by atoms with Crippen molar-refractivity contribution >= 4 is 28.5 Å². The van der Waals surface area contributed by atoms with Crippen LogP contribution in [0, 0.1) is 18.3 Å². The quantitative estimate of drug-likeness (QED) is 0.514. The Labute approximate surface area is 180 Å². The number of carbonyl (C=O) groups is 2. The third-order valence-electron chi connectivity index (χ3n) is 4.60. The molecule has 31 heavy (non-hydrogen) atoms. The minimum Gasteiger partial charge on any atom is -0.494 e.